The molecule has 29 heavy (non-hydrogen) atoms. The van der Waals surface area contributed by atoms with Crippen molar-refractivity contribution in [2.75, 3.05) is 33.0 Å². The number of halogens is 1. The molecule has 150 valence electrons. The van der Waals surface area contributed by atoms with Crippen molar-refractivity contribution in [3.63, 3.8) is 0 Å². The lowest BCUT2D eigenvalue weighted by Gasteiger charge is -2.34. The van der Waals surface area contributed by atoms with Gasteiger partial charge in [0.25, 0.3) is 0 Å². The summed E-state index contributed by atoms with van der Waals surface area (Å²) in [5.74, 6) is 1.48. The van der Waals surface area contributed by atoms with E-state index in [0.717, 1.165) is 56.5 Å². The molecule has 0 radical (unpaired) electrons. The van der Waals surface area contributed by atoms with Gasteiger partial charge in [-0.15, -0.1) is 0 Å². The van der Waals surface area contributed by atoms with E-state index in [2.05, 4.69) is 28.0 Å². The maximum absolute atomic E-state index is 14.2. The average molecular weight is 393 g/mol. The molecule has 6 heteroatoms. The minimum absolute atomic E-state index is 0.196. The first-order chi connectivity index (χ1) is 14.3. The molecular formula is C23H24FN3O2. The number of hydrogen-bond donors (Lipinski definition) is 0. The second-order valence-electron chi connectivity index (χ2n) is 7.56. The molecular weight excluding hydrogens is 369 g/mol. The summed E-state index contributed by atoms with van der Waals surface area (Å²) < 4.78 is 27.0. The van der Waals surface area contributed by atoms with Crippen molar-refractivity contribution in [3.05, 3.63) is 77.9 Å². The van der Waals surface area contributed by atoms with Crippen LogP contribution in [0.3, 0.4) is 0 Å². The van der Waals surface area contributed by atoms with Crippen LogP contribution in [0, 0.1) is 5.82 Å². The molecule has 0 unspecified atom stereocenters. The molecule has 0 aliphatic carbocycles. The van der Waals surface area contributed by atoms with Crippen molar-refractivity contribution in [1.82, 2.24) is 14.4 Å². The number of ether oxygens (including phenoxy) is 2. The number of piperazine rings is 1. The van der Waals surface area contributed by atoms with Crippen molar-refractivity contribution in [2.45, 2.75) is 13.1 Å². The van der Waals surface area contributed by atoms with Crippen molar-refractivity contribution in [1.29, 1.82) is 0 Å². The molecule has 2 aliphatic heterocycles. The van der Waals surface area contributed by atoms with Gasteiger partial charge < -0.3 is 14.0 Å². The number of benzene rings is 2. The number of para-hydroxylation sites is 1. The molecule has 0 spiro atoms. The lowest BCUT2D eigenvalue weighted by molar-refractivity contribution is 0.120. The van der Waals surface area contributed by atoms with Crippen LogP contribution in [0.5, 0.6) is 11.5 Å². The predicted molar refractivity (Wildman–Crippen MR) is 109 cm³/mol. The minimum atomic E-state index is -0.196. The van der Waals surface area contributed by atoms with E-state index < -0.39 is 0 Å². The predicted octanol–water partition coefficient (Wildman–Crippen LogP) is 3.66. The Morgan fingerprint density at radius 3 is 2.38 bits per heavy atom. The first-order valence-corrected chi connectivity index (χ1v) is 10.0. The molecule has 5 rings (SSSR count). The van der Waals surface area contributed by atoms with Gasteiger partial charge in [0.2, 0.25) is 6.79 Å². The summed E-state index contributed by atoms with van der Waals surface area (Å²) in [5.41, 5.74) is 2.96. The highest BCUT2D eigenvalue weighted by Crippen LogP contribution is 2.32. The maximum atomic E-state index is 14.2. The molecule has 1 saturated heterocycles. The summed E-state index contributed by atoms with van der Waals surface area (Å²) in [6.45, 7) is 6.05. The zero-order chi connectivity index (χ0) is 19.6. The first kappa shape index (κ1) is 18.2. The first-order valence-electron chi connectivity index (χ1n) is 10.0. The van der Waals surface area contributed by atoms with Gasteiger partial charge in [-0.25, -0.2) is 4.39 Å². The van der Waals surface area contributed by atoms with Gasteiger partial charge in [0.1, 0.15) is 5.82 Å². The smallest absolute Gasteiger partial charge is 0.231 e. The average Bonchev–Trinajstić information content (AvgIpc) is 3.39. The standard InChI is InChI=1S/C23H24FN3O2/c24-20-5-1-2-6-21(20)27-9-3-4-19(27)16-26-12-10-25(11-13-26)15-18-7-8-22-23(14-18)29-17-28-22/h1-9,14H,10-13,15-17H2. The Balaban J connectivity index is 1.19. The van der Waals surface area contributed by atoms with Crippen molar-refractivity contribution in [3.8, 4) is 17.2 Å². The Morgan fingerprint density at radius 1 is 0.793 bits per heavy atom. The van der Waals surface area contributed by atoms with Gasteiger partial charge in [-0.2, -0.15) is 0 Å². The molecule has 0 bridgehead atoms. The quantitative estimate of drug-likeness (QED) is 0.662. The fourth-order valence-electron chi connectivity index (χ4n) is 4.06. The number of fused-ring (bicyclic) bond motifs is 1. The van der Waals surface area contributed by atoms with Gasteiger partial charge in [0.05, 0.1) is 5.69 Å². The lowest BCUT2D eigenvalue weighted by atomic mass is 10.1. The fraction of sp³-hybridized carbons (Fsp3) is 0.304. The monoisotopic (exact) mass is 393 g/mol. The fourth-order valence-corrected chi connectivity index (χ4v) is 4.06. The van der Waals surface area contributed by atoms with Crippen LogP contribution < -0.4 is 9.47 Å². The van der Waals surface area contributed by atoms with Crippen LogP contribution in [0.4, 0.5) is 4.39 Å². The molecule has 0 N–H and O–H groups in total. The molecule has 0 atom stereocenters. The van der Waals surface area contributed by atoms with E-state index in [1.165, 1.54) is 11.6 Å². The van der Waals surface area contributed by atoms with Crippen LogP contribution in [0.15, 0.2) is 60.8 Å². The zero-order valence-electron chi connectivity index (χ0n) is 16.3. The summed E-state index contributed by atoms with van der Waals surface area (Å²) in [7, 11) is 0. The zero-order valence-corrected chi connectivity index (χ0v) is 16.3. The number of aromatic nitrogens is 1. The number of rotatable bonds is 5. The Labute approximate surface area is 169 Å². The van der Waals surface area contributed by atoms with Crippen LogP contribution in [-0.2, 0) is 13.1 Å². The SMILES string of the molecule is Fc1ccccc1-n1cccc1CN1CCN(Cc2ccc3c(c2)OCO3)CC1. The molecule has 5 nitrogen and oxygen atoms in total. The highest BCUT2D eigenvalue weighted by atomic mass is 19.1. The summed E-state index contributed by atoms with van der Waals surface area (Å²) in [6, 6.07) is 17.2. The maximum Gasteiger partial charge on any atom is 0.231 e. The van der Waals surface area contributed by atoms with E-state index in [0.29, 0.717) is 12.5 Å². The number of nitrogens with zero attached hydrogens (tertiary/aromatic N) is 3. The second-order valence-corrected chi connectivity index (χ2v) is 7.56. The Bertz CT molecular complexity index is 995. The molecule has 2 aromatic carbocycles. The molecule has 3 heterocycles. The second kappa shape index (κ2) is 7.89. The normalized spacial score (nSPS) is 17.0. The largest absolute Gasteiger partial charge is 0.454 e. The van der Waals surface area contributed by atoms with Crippen LogP contribution in [0.2, 0.25) is 0 Å². The van der Waals surface area contributed by atoms with E-state index in [1.54, 1.807) is 6.07 Å². The third-order valence-corrected chi connectivity index (χ3v) is 5.64. The van der Waals surface area contributed by atoms with Gasteiger partial charge in [0.15, 0.2) is 11.5 Å². The molecule has 3 aromatic rings. The molecule has 0 amide bonds. The highest BCUT2D eigenvalue weighted by molar-refractivity contribution is 5.44. The Hall–Kier alpha value is -2.83. The van der Waals surface area contributed by atoms with Crippen molar-refractivity contribution in [2.24, 2.45) is 0 Å². The molecule has 1 fully saturated rings. The summed E-state index contributed by atoms with van der Waals surface area (Å²) >= 11 is 0. The molecule has 1 aromatic heterocycles. The van der Waals surface area contributed by atoms with Crippen LogP contribution in [0.25, 0.3) is 5.69 Å². The number of hydrogen-bond acceptors (Lipinski definition) is 4. The van der Waals surface area contributed by atoms with Gasteiger partial charge in [0, 0.05) is 51.2 Å². The van der Waals surface area contributed by atoms with E-state index >= 15 is 0 Å². The topological polar surface area (TPSA) is 29.9 Å². The van der Waals surface area contributed by atoms with Crippen LogP contribution in [0.1, 0.15) is 11.3 Å². The van der Waals surface area contributed by atoms with Crippen molar-refractivity contribution >= 4 is 0 Å². The van der Waals surface area contributed by atoms with Crippen LogP contribution >= 0.6 is 0 Å². The summed E-state index contributed by atoms with van der Waals surface area (Å²) in [6.07, 6.45) is 1.93. The lowest BCUT2D eigenvalue weighted by Crippen LogP contribution is -2.45. The van der Waals surface area contributed by atoms with Gasteiger partial charge in [-0.3, -0.25) is 9.80 Å². The van der Waals surface area contributed by atoms with Gasteiger partial charge in [-0.05, 0) is 42.0 Å². The van der Waals surface area contributed by atoms with Crippen molar-refractivity contribution < 1.29 is 13.9 Å². The van der Waals surface area contributed by atoms with Gasteiger partial charge >= 0.3 is 0 Å². The third kappa shape index (κ3) is 3.86. The third-order valence-electron chi connectivity index (χ3n) is 5.64. The molecule has 2 aliphatic rings. The van der Waals surface area contributed by atoms with E-state index in [4.69, 9.17) is 9.47 Å². The van der Waals surface area contributed by atoms with E-state index in [-0.39, 0.29) is 5.82 Å². The highest BCUT2D eigenvalue weighted by Gasteiger charge is 2.20. The van der Waals surface area contributed by atoms with E-state index in [1.807, 2.05) is 35.0 Å². The van der Waals surface area contributed by atoms with Crippen LogP contribution in [-0.4, -0.2) is 47.3 Å². The Morgan fingerprint density at radius 2 is 1.55 bits per heavy atom. The minimum Gasteiger partial charge on any atom is -0.454 e. The molecule has 0 saturated carbocycles. The summed E-state index contributed by atoms with van der Waals surface area (Å²) in [4.78, 5) is 4.90. The summed E-state index contributed by atoms with van der Waals surface area (Å²) in [5, 5.41) is 0. The Kier molecular flexibility index (Phi) is 4.96. The van der Waals surface area contributed by atoms with E-state index in [9.17, 15) is 4.39 Å². The van der Waals surface area contributed by atoms with Gasteiger partial charge in [-0.1, -0.05) is 18.2 Å².